The first-order valence-corrected chi connectivity index (χ1v) is 13.4. The number of carbonyl (C=O) groups excluding carboxylic acids is 3. The summed E-state index contributed by atoms with van der Waals surface area (Å²) in [7, 11) is 1.52. The second-order valence-corrected chi connectivity index (χ2v) is 9.41. The summed E-state index contributed by atoms with van der Waals surface area (Å²) in [4.78, 5) is 37.5. The number of hydrogen-bond donors (Lipinski definition) is 3. The van der Waals surface area contributed by atoms with Gasteiger partial charge in [-0.25, -0.2) is 9.07 Å². The quantitative estimate of drug-likeness (QED) is 0.195. The zero-order valence-electron chi connectivity index (χ0n) is 23.1. The number of alkyl halides is 2. The van der Waals surface area contributed by atoms with Gasteiger partial charge < -0.3 is 30.2 Å². The maximum absolute atomic E-state index is 13.1. The van der Waals surface area contributed by atoms with Crippen LogP contribution in [0.5, 0.6) is 5.75 Å². The minimum absolute atomic E-state index is 0.208. The Balaban J connectivity index is 0.00000114. The molecule has 42 heavy (non-hydrogen) atoms. The highest BCUT2D eigenvalue weighted by molar-refractivity contribution is 6.01. The van der Waals surface area contributed by atoms with Crippen molar-refractivity contribution in [3.63, 3.8) is 0 Å². The van der Waals surface area contributed by atoms with E-state index in [1.54, 1.807) is 35.1 Å². The Morgan fingerprint density at radius 2 is 1.93 bits per heavy atom. The number of carbonyl (C=O) groups is 3. The molecule has 1 aliphatic heterocycles. The Bertz CT molecular complexity index is 1320. The van der Waals surface area contributed by atoms with Gasteiger partial charge >= 0.3 is 6.61 Å². The average molecular weight is 590 g/mol. The van der Waals surface area contributed by atoms with Crippen molar-refractivity contribution < 1.29 is 37.4 Å². The number of rotatable bonds is 14. The molecule has 1 aromatic heterocycles. The molecule has 4 rings (SSSR count). The summed E-state index contributed by atoms with van der Waals surface area (Å²) in [5, 5.41) is 17.0. The Morgan fingerprint density at radius 1 is 1.19 bits per heavy atom. The molecule has 1 aliphatic rings. The van der Waals surface area contributed by atoms with Crippen molar-refractivity contribution in [1.29, 1.82) is 0 Å². The van der Waals surface area contributed by atoms with Crippen molar-refractivity contribution in [3.05, 3.63) is 77.4 Å². The second kappa shape index (κ2) is 16.3. The number of unbranched alkanes of at least 4 members (excludes halogenated alkanes) is 1. The molecule has 2 heterocycles. The fraction of sp³-hybridized carbons (Fsp3) is 0.379. The van der Waals surface area contributed by atoms with Gasteiger partial charge in [-0.2, -0.15) is 13.9 Å². The number of hydrogen-bond acceptors (Lipinski definition) is 7. The topological polar surface area (TPSA) is 126 Å². The molecule has 2 amide bonds. The van der Waals surface area contributed by atoms with Crippen molar-refractivity contribution in [3.8, 4) is 11.4 Å². The van der Waals surface area contributed by atoms with Crippen molar-refractivity contribution in [2.45, 2.75) is 51.4 Å². The van der Waals surface area contributed by atoms with Crippen molar-refractivity contribution in [1.82, 2.24) is 25.3 Å². The highest BCUT2D eigenvalue weighted by Gasteiger charge is 2.35. The average Bonchev–Trinajstić information content (AvgIpc) is 3.57. The predicted octanol–water partition coefficient (Wildman–Crippen LogP) is 3.21. The normalized spacial score (nSPS) is 12.9. The van der Waals surface area contributed by atoms with Crippen LogP contribution >= 0.6 is 0 Å². The minimum atomic E-state index is -3.17. The van der Waals surface area contributed by atoms with Crippen molar-refractivity contribution >= 4 is 18.1 Å². The lowest BCUT2D eigenvalue weighted by Crippen LogP contribution is -2.46. The highest BCUT2D eigenvalue weighted by atomic mass is 19.3. The number of nitrogens with zero attached hydrogens (tertiary/aromatic N) is 3. The van der Waals surface area contributed by atoms with E-state index in [0.29, 0.717) is 31.0 Å². The van der Waals surface area contributed by atoms with Gasteiger partial charge in [0.15, 0.2) is 0 Å². The van der Waals surface area contributed by atoms with E-state index in [-0.39, 0.29) is 30.5 Å². The van der Waals surface area contributed by atoms with Gasteiger partial charge in [0.25, 0.3) is 5.91 Å². The molecule has 3 N–H and O–H groups in total. The number of halogens is 3. The van der Waals surface area contributed by atoms with Gasteiger partial charge in [0, 0.05) is 43.9 Å². The van der Waals surface area contributed by atoms with E-state index in [2.05, 4.69) is 15.7 Å². The third kappa shape index (κ3) is 9.42. The molecule has 0 fully saturated rings. The zero-order valence-corrected chi connectivity index (χ0v) is 23.1. The monoisotopic (exact) mass is 589 g/mol. The number of aromatic nitrogens is 2. The van der Waals surface area contributed by atoms with E-state index in [4.69, 9.17) is 9.84 Å². The summed E-state index contributed by atoms with van der Waals surface area (Å²) >= 11 is 0. The number of fused-ring (bicyclic) bond motifs is 1. The smallest absolute Gasteiger partial charge is 0.342 e. The maximum Gasteiger partial charge on any atom is 0.342 e. The van der Waals surface area contributed by atoms with Gasteiger partial charge in [0.2, 0.25) is 5.91 Å². The fourth-order valence-corrected chi connectivity index (χ4v) is 4.44. The maximum atomic E-state index is 13.1. The first-order valence-electron chi connectivity index (χ1n) is 13.4. The summed E-state index contributed by atoms with van der Waals surface area (Å²) in [6, 6.07) is 10.9. The summed E-state index contributed by atoms with van der Waals surface area (Å²) in [6.07, 6.45) is 6.75. The number of nitrogens with one attached hydrogen (secondary N) is 2. The Kier molecular flexibility index (Phi) is 12.5. The Hall–Kier alpha value is -4.23. The molecule has 0 spiro atoms. The zero-order chi connectivity index (χ0) is 30.5. The summed E-state index contributed by atoms with van der Waals surface area (Å²) < 4.78 is 40.5. The number of benzene rings is 2. The second-order valence-electron chi connectivity index (χ2n) is 9.41. The molecule has 1 unspecified atom stereocenters. The molecule has 226 valence electrons. The summed E-state index contributed by atoms with van der Waals surface area (Å²) in [5.74, 6) is -0.0767. The fourth-order valence-electron chi connectivity index (χ4n) is 4.44. The molecule has 13 heteroatoms. The summed E-state index contributed by atoms with van der Waals surface area (Å²) in [5.41, 5.74) is 3.22. The molecule has 10 nitrogen and oxygen atoms in total. The van der Waals surface area contributed by atoms with E-state index in [9.17, 15) is 27.6 Å². The van der Waals surface area contributed by atoms with Crippen molar-refractivity contribution in [2.75, 3.05) is 20.2 Å². The first kappa shape index (κ1) is 32.3. The van der Waals surface area contributed by atoms with Crippen LogP contribution in [0.4, 0.5) is 13.2 Å². The third-order valence-corrected chi connectivity index (χ3v) is 6.46. The van der Waals surface area contributed by atoms with Crippen LogP contribution in [0.25, 0.3) is 5.69 Å². The number of aliphatic hydroxyl groups is 1. The van der Waals surface area contributed by atoms with E-state index < -0.39 is 12.7 Å². The lowest BCUT2D eigenvalue weighted by atomic mass is 10.1. The standard InChI is InChI=1S/C28H32FN5O4.CH2F2O/c1-30-27(36)26(5-4-13-35)33-19-21-15-24(10-11-25(21)28(33)37)38-14-3-2-12-31-16-20-17-32-34(18-20)23-8-6-22(29)7-9-23;2-1(3)4/h6-11,13,15,17-18,26,31H,2-5,12,14,16,19H2,1H3,(H,30,36);1,4H. The summed E-state index contributed by atoms with van der Waals surface area (Å²) in [6.45, 7) is -0.813. The van der Waals surface area contributed by atoms with E-state index in [0.717, 1.165) is 42.5 Å². The van der Waals surface area contributed by atoms with Crippen LogP contribution < -0.4 is 15.4 Å². The molecule has 2 aromatic carbocycles. The van der Waals surface area contributed by atoms with Gasteiger partial charge in [-0.15, -0.1) is 0 Å². The lowest BCUT2D eigenvalue weighted by molar-refractivity contribution is -0.125. The van der Waals surface area contributed by atoms with E-state index in [1.165, 1.54) is 24.1 Å². The number of likely N-dealkylation sites (N-methyl/N-ethyl adjacent to an activating group) is 1. The van der Waals surface area contributed by atoms with Gasteiger partial charge in [0.05, 0.1) is 18.5 Å². The number of amides is 2. The molecule has 0 aliphatic carbocycles. The molecule has 1 atom stereocenters. The van der Waals surface area contributed by atoms with Crippen LogP contribution in [0.1, 0.15) is 47.2 Å². The van der Waals surface area contributed by atoms with Crippen LogP contribution in [0.3, 0.4) is 0 Å². The van der Waals surface area contributed by atoms with Crippen LogP contribution in [0.15, 0.2) is 54.9 Å². The first-order chi connectivity index (χ1) is 20.2. The predicted molar refractivity (Wildman–Crippen MR) is 148 cm³/mol. The molecule has 0 saturated carbocycles. The highest BCUT2D eigenvalue weighted by Crippen LogP contribution is 2.29. The number of aldehydes is 1. The third-order valence-electron chi connectivity index (χ3n) is 6.46. The minimum Gasteiger partial charge on any atom is -0.494 e. The van der Waals surface area contributed by atoms with Gasteiger partial charge in [-0.05, 0) is 73.8 Å². The molecular formula is C29H34F3N5O5. The molecule has 0 saturated heterocycles. The largest absolute Gasteiger partial charge is 0.494 e. The van der Waals surface area contributed by atoms with Crippen LogP contribution in [0.2, 0.25) is 0 Å². The van der Waals surface area contributed by atoms with E-state index >= 15 is 0 Å². The van der Waals surface area contributed by atoms with Crippen LogP contribution in [0, 0.1) is 5.82 Å². The van der Waals surface area contributed by atoms with E-state index in [1.807, 2.05) is 12.3 Å². The Labute approximate surface area is 241 Å². The van der Waals surface area contributed by atoms with Gasteiger partial charge in [-0.3, -0.25) is 9.59 Å². The molecular weight excluding hydrogens is 555 g/mol. The molecule has 0 bridgehead atoms. The van der Waals surface area contributed by atoms with Crippen LogP contribution in [-0.4, -0.2) is 70.7 Å². The SMILES string of the molecule is CNC(=O)C(CCC=O)N1Cc2cc(OCCCCNCc3cnn(-c4ccc(F)cc4)c3)ccc2C1=O.OC(F)F. The molecule has 0 radical (unpaired) electrons. The Morgan fingerprint density at radius 3 is 2.62 bits per heavy atom. The van der Waals surface area contributed by atoms with Gasteiger partial charge in [-0.1, -0.05) is 0 Å². The van der Waals surface area contributed by atoms with Crippen LogP contribution in [-0.2, 0) is 22.7 Å². The number of ether oxygens (including phenoxy) is 1. The molecule has 3 aromatic rings. The number of aliphatic hydroxyl groups excluding tert-OH is 1. The lowest BCUT2D eigenvalue weighted by Gasteiger charge is -2.25. The van der Waals surface area contributed by atoms with Gasteiger partial charge in [0.1, 0.15) is 23.9 Å². The van der Waals surface area contributed by atoms with Crippen molar-refractivity contribution in [2.24, 2.45) is 0 Å².